The molecule has 0 fully saturated rings. The van der Waals surface area contributed by atoms with Gasteiger partial charge in [0.25, 0.3) is 11.2 Å². The number of benzene rings is 3. The number of fused-ring (bicyclic) bond motifs is 3. The number of non-ortho nitro benzene ring substituents is 1. The standard InChI is InChI=1S/C23H14FN3O4S/c24-17-6-2-1-5-14(17)13-31-20-10-9-16(27(29)30)11-15(20)12-21-22(28)26-19-8-4-3-7-18(19)25-23(26)32-21/h1-12H,13H2. The molecule has 2 heterocycles. The average molecular weight is 447 g/mol. The van der Waals surface area contributed by atoms with E-state index in [9.17, 15) is 19.3 Å². The number of rotatable bonds is 5. The van der Waals surface area contributed by atoms with Crippen LogP contribution >= 0.6 is 11.3 Å². The fourth-order valence-electron chi connectivity index (χ4n) is 3.42. The van der Waals surface area contributed by atoms with Crippen molar-refractivity contribution in [3.63, 3.8) is 0 Å². The first kappa shape index (κ1) is 19.8. The molecule has 0 radical (unpaired) electrons. The lowest BCUT2D eigenvalue weighted by molar-refractivity contribution is -0.384. The van der Waals surface area contributed by atoms with E-state index >= 15 is 0 Å². The molecule has 158 valence electrons. The molecule has 0 saturated carbocycles. The molecule has 0 saturated heterocycles. The number of hydrogen-bond acceptors (Lipinski definition) is 6. The Hall–Kier alpha value is -4.11. The van der Waals surface area contributed by atoms with Gasteiger partial charge < -0.3 is 4.74 Å². The Labute approximate surface area is 183 Å². The second kappa shape index (κ2) is 7.86. The summed E-state index contributed by atoms with van der Waals surface area (Å²) in [6.45, 7) is -0.0616. The van der Waals surface area contributed by atoms with E-state index in [0.717, 1.165) is 0 Å². The highest BCUT2D eigenvalue weighted by Gasteiger charge is 2.14. The number of nitro groups is 1. The van der Waals surface area contributed by atoms with Crippen molar-refractivity contribution in [2.24, 2.45) is 0 Å². The van der Waals surface area contributed by atoms with Gasteiger partial charge in [0.2, 0.25) is 0 Å². The maximum Gasteiger partial charge on any atom is 0.274 e. The smallest absolute Gasteiger partial charge is 0.274 e. The van der Waals surface area contributed by atoms with E-state index in [1.165, 1.54) is 40.0 Å². The molecule has 0 bridgehead atoms. The zero-order valence-corrected chi connectivity index (χ0v) is 17.2. The maximum absolute atomic E-state index is 13.9. The molecule has 5 aromatic rings. The van der Waals surface area contributed by atoms with Crippen molar-refractivity contribution >= 4 is 39.1 Å². The van der Waals surface area contributed by atoms with Gasteiger partial charge in [-0.2, -0.15) is 0 Å². The summed E-state index contributed by atoms with van der Waals surface area (Å²) in [5.41, 5.74) is 1.69. The van der Waals surface area contributed by atoms with Crippen molar-refractivity contribution in [2.75, 3.05) is 0 Å². The lowest BCUT2D eigenvalue weighted by atomic mass is 10.1. The van der Waals surface area contributed by atoms with Crippen LogP contribution in [0.2, 0.25) is 0 Å². The van der Waals surface area contributed by atoms with Gasteiger partial charge in [-0.25, -0.2) is 13.8 Å². The van der Waals surface area contributed by atoms with Gasteiger partial charge in [0.05, 0.1) is 20.5 Å². The van der Waals surface area contributed by atoms with E-state index in [4.69, 9.17) is 4.74 Å². The lowest BCUT2D eigenvalue weighted by Crippen LogP contribution is -2.22. The maximum atomic E-state index is 13.9. The molecule has 5 rings (SSSR count). The van der Waals surface area contributed by atoms with Crippen LogP contribution in [0.15, 0.2) is 71.5 Å². The minimum absolute atomic E-state index is 0.0616. The Bertz CT molecular complexity index is 1610. The first-order valence-electron chi connectivity index (χ1n) is 9.57. The van der Waals surface area contributed by atoms with E-state index in [1.807, 2.05) is 24.3 Å². The summed E-state index contributed by atoms with van der Waals surface area (Å²) in [5.74, 6) is -0.109. The van der Waals surface area contributed by atoms with Gasteiger partial charge >= 0.3 is 0 Å². The third kappa shape index (κ3) is 3.48. The highest BCUT2D eigenvalue weighted by Crippen LogP contribution is 2.26. The van der Waals surface area contributed by atoms with Gasteiger partial charge in [-0.15, -0.1) is 0 Å². The summed E-state index contributed by atoms with van der Waals surface area (Å²) >= 11 is 1.18. The third-order valence-corrected chi connectivity index (χ3v) is 5.95. The molecule has 0 N–H and O–H groups in total. The summed E-state index contributed by atoms with van der Waals surface area (Å²) in [7, 11) is 0. The van der Waals surface area contributed by atoms with Crippen molar-refractivity contribution < 1.29 is 14.1 Å². The molecule has 9 heteroatoms. The predicted octanol–water partition coefficient (Wildman–Crippen LogP) is 4.08. The number of aromatic nitrogens is 2. The normalized spacial score (nSPS) is 12.0. The number of nitrogens with zero attached hydrogens (tertiary/aromatic N) is 3. The van der Waals surface area contributed by atoms with Crippen LogP contribution in [0.25, 0.3) is 22.1 Å². The zero-order valence-electron chi connectivity index (χ0n) is 16.4. The van der Waals surface area contributed by atoms with E-state index in [0.29, 0.717) is 37.4 Å². The Morgan fingerprint density at radius 3 is 2.72 bits per heavy atom. The fourth-order valence-corrected chi connectivity index (χ4v) is 4.40. The number of nitro benzene ring substituents is 1. The number of halogens is 1. The first-order chi connectivity index (χ1) is 15.5. The highest BCUT2D eigenvalue weighted by molar-refractivity contribution is 7.15. The summed E-state index contributed by atoms with van der Waals surface area (Å²) in [4.78, 5) is 28.8. The molecule has 32 heavy (non-hydrogen) atoms. The number of ether oxygens (including phenoxy) is 1. The number of thiazole rings is 1. The second-order valence-electron chi connectivity index (χ2n) is 6.99. The number of hydrogen-bond donors (Lipinski definition) is 0. The van der Waals surface area contributed by atoms with E-state index < -0.39 is 10.7 Å². The quantitative estimate of drug-likeness (QED) is 0.299. The van der Waals surface area contributed by atoms with Gasteiger partial charge in [0.1, 0.15) is 18.2 Å². The van der Waals surface area contributed by atoms with Gasteiger partial charge in [0.15, 0.2) is 4.96 Å². The van der Waals surface area contributed by atoms with Crippen LogP contribution in [-0.4, -0.2) is 14.3 Å². The van der Waals surface area contributed by atoms with Crippen LogP contribution in [0.1, 0.15) is 11.1 Å². The second-order valence-corrected chi connectivity index (χ2v) is 8.00. The predicted molar refractivity (Wildman–Crippen MR) is 119 cm³/mol. The van der Waals surface area contributed by atoms with Crippen molar-refractivity contribution in [3.05, 3.63) is 109 Å². The van der Waals surface area contributed by atoms with Crippen LogP contribution in [0.4, 0.5) is 10.1 Å². The molecule has 2 aromatic heterocycles. The van der Waals surface area contributed by atoms with Crippen molar-refractivity contribution in [3.8, 4) is 5.75 Å². The van der Waals surface area contributed by atoms with Crippen molar-refractivity contribution in [1.29, 1.82) is 0 Å². The minimum atomic E-state index is -0.523. The third-order valence-electron chi connectivity index (χ3n) is 4.98. The van der Waals surface area contributed by atoms with Crippen molar-refractivity contribution in [2.45, 2.75) is 6.61 Å². The van der Waals surface area contributed by atoms with Crippen molar-refractivity contribution in [1.82, 2.24) is 9.38 Å². The largest absolute Gasteiger partial charge is 0.488 e. The van der Waals surface area contributed by atoms with E-state index in [-0.39, 0.29) is 17.9 Å². The van der Waals surface area contributed by atoms with E-state index in [2.05, 4.69) is 4.98 Å². The number of para-hydroxylation sites is 2. The number of imidazole rings is 1. The molecule has 0 aliphatic carbocycles. The molecule has 0 aliphatic rings. The van der Waals surface area contributed by atoms with Crippen LogP contribution < -0.4 is 14.8 Å². The molecule has 3 aromatic carbocycles. The van der Waals surface area contributed by atoms with Crippen LogP contribution in [0, 0.1) is 15.9 Å². The minimum Gasteiger partial charge on any atom is -0.488 e. The first-order valence-corrected chi connectivity index (χ1v) is 10.4. The Morgan fingerprint density at radius 1 is 1.12 bits per heavy atom. The average Bonchev–Trinajstić information content (AvgIpc) is 3.30. The van der Waals surface area contributed by atoms with Gasteiger partial charge in [-0.3, -0.25) is 14.9 Å². The molecule has 0 unspecified atom stereocenters. The SMILES string of the molecule is O=c1c(=Cc2cc([N+](=O)[O-])ccc2OCc2ccccc2F)sc2nc3ccccc3n12. The Morgan fingerprint density at radius 2 is 1.91 bits per heavy atom. The topological polar surface area (TPSA) is 86.7 Å². The Balaban J connectivity index is 1.61. The summed E-state index contributed by atoms with van der Waals surface area (Å²) < 4.78 is 21.6. The monoisotopic (exact) mass is 447 g/mol. The molecule has 0 aliphatic heterocycles. The molecule has 0 amide bonds. The van der Waals surface area contributed by atoms with Crippen LogP contribution in [0.5, 0.6) is 5.75 Å². The van der Waals surface area contributed by atoms with Gasteiger partial charge in [-0.05, 0) is 30.3 Å². The summed E-state index contributed by atoms with van der Waals surface area (Å²) in [6, 6.07) is 17.6. The molecular weight excluding hydrogens is 433 g/mol. The van der Waals surface area contributed by atoms with Gasteiger partial charge in [0, 0.05) is 23.3 Å². The zero-order chi connectivity index (χ0) is 22.2. The molecule has 0 spiro atoms. The lowest BCUT2D eigenvalue weighted by Gasteiger charge is -2.10. The highest BCUT2D eigenvalue weighted by atomic mass is 32.1. The molecular formula is C23H14FN3O4S. The Kier molecular flexibility index (Phi) is 4.87. The fraction of sp³-hybridized carbons (Fsp3) is 0.0435. The van der Waals surface area contributed by atoms with E-state index in [1.54, 1.807) is 24.3 Å². The van der Waals surface area contributed by atoms with Gasteiger partial charge in [-0.1, -0.05) is 41.7 Å². The summed E-state index contributed by atoms with van der Waals surface area (Å²) in [5, 5.41) is 11.3. The molecule has 0 atom stereocenters. The van der Waals surface area contributed by atoms with Crippen LogP contribution in [0.3, 0.4) is 0 Å². The van der Waals surface area contributed by atoms with Crippen LogP contribution in [-0.2, 0) is 6.61 Å². The molecule has 7 nitrogen and oxygen atoms in total. The summed E-state index contributed by atoms with van der Waals surface area (Å²) in [6.07, 6.45) is 1.54.